The Morgan fingerprint density at radius 1 is 1.14 bits per heavy atom. The molecule has 9 heteroatoms. The van der Waals surface area contributed by atoms with Gasteiger partial charge in [-0.15, -0.1) is 0 Å². The number of methoxy groups -OCH3 is 1. The van der Waals surface area contributed by atoms with E-state index in [-0.39, 0.29) is 35.6 Å². The van der Waals surface area contributed by atoms with Crippen LogP contribution in [0, 0.1) is 19.8 Å². The minimum atomic E-state index is -3.82. The number of amides is 1. The van der Waals surface area contributed by atoms with Gasteiger partial charge in [0.25, 0.3) is 0 Å². The number of nitrogens with zero attached hydrogens (tertiary/aromatic N) is 2. The van der Waals surface area contributed by atoms with Crippen LogP contribution in [0.3, 0.4) is 0 Å². The van der Waals surface area contributed by atoms with E-state index in [1.54, 1.807) is 26.2 Å². The van der Waals surface area contributed by atoms with Gasteiger partial charge < -0.3 is 14.6 Å². The zero-order valence-corrected chi connectivity index (χ0v) is 21.5. The Bertz CT molecular complexity index is 1340. The first-order valence-electron chi connectivity index (χ1n) is 11.9. The molecular weight excluding hydrogens is 478 g/mol. The van der Waals surface area contributed by atoms with Crippen molar-refractivity contribution in [1.82, 2.24) is 14.8 Å². The van der Waals surface area contributed by atoms with Crippen LogP contribution in [0.1, 0.15) is 41.0 Å². The zero-order valence-electron chi connectivity index (χ0n) is 20.7. The summed E-state index contributed by atoms with van der Waals surface area (Å²) in [5.74, 6) is 0.618. The largest absolute Gasteiger partial charge is 0.497 e. The summed E-state index contributed by atoms with van der Waals surface area (Å²) >= 11 is 0. The molecule has 1 N–H and O–H groups in total. The molecule has 36 heavy (non-hydrogen) atoms. The molecule has 0 saturated carbocycles. The number of sulfonamides is 1. The van der Waals surface area contributed by atoms with Crippen molar-refractivity contribution in [3.63, 3.8) is 0 Å². The first-order chi connectivity index (χ1) is 17.3. The van der Waals surface area contributed by atoms with Crippen molar-refractivity contribution in [3.05, 3.63) is 76.7 Å². The number of piperidine rings is 1. The van der Waals surface area contributed by atoms with Gasteiger partial charge in [0, 0.05) is 25.6 Å². The number of ether oxygens (including phenoxy) is 1. The predicted molar refractivity (Wildman–Crippen MR) is 138 cm³/mol. The predicted octanol–water partition coefficient (Wildman–Crippen LogP) is 4.19. The molecule has 0 atom stereocenters. The fourth-order valence-electron chi connectivity index (χ4n) is 4.25. The van der Waals surface area contributed by atoms with Gasteiger partial charge in [-0.05, 0) is 56.0 Å². The molecule has 2 aromatic carbocycles. The van der Waals surface area contributed by atoms with E-state index < -0.39 is 10.0 Å². The second-order valence-corrected chi connectivity index (χ2v) is 10.8. The van der Waals surface area contributed by atoms with Crippen molar-refractivity contribution in [2.75, 3.05) is 20.2 Å². The summed E-state index contributed by atoms with van der Waals surface area (Å²) in [7, 11) is -2.22. The SMILES string of the molecule is COc1cccc(CNC(=O)C2CCN(S(=O)(=O)c3c(C)noc3C=Cc3ccc(C)cc3)CC2)c1. The van der Waals surface area contributed by atoms with Crippen LogP contribution in [-0.4, -0.2) is 44.0 Å². The van der Waals surface area contributed by atoms with E-state index in [9.17, 15) is 13.2 Å². The molecule has 0 unspecified atom stereocenters. The van der Waals surface area contributed by atoms with Crippen LogP contribution in [0.4, 0.5) is 0 Å². The Hall–Kier alpha value is -3.43. The van der Waals surface area contributed by atoms with E-state index in [0.717, 1.165) is 22.4 Å². The van der Waals surface area contributed by atoms with Gasteiger partial charge in [-0.3, -0.25) is 4.79 Å². The molecule has 2 heterocycles. The lowest BCUT2D eigenvalue weighted by molar-refractivity contribution is -0.126. The maximum absolute atomic E-state index is 13.5. The molecule has 1 aliphatic heterocycles. The molecule has 3 aromatic rings. The van der Waals surface area contributed by atoms with Crippen LogP contribution in [0.25, 0.3) is 12.2 Å². The fourth-order valence-corrected chi connectivity index (χ4v) is 5.97. The Morgan fingerprint density at radius 3 is 2.56 bits per heavy atom. The van der Waals surface area contributed by atoms with E-state index in [2.05, 4.69) is 10.5 Å². The average Bonchev–Trinajstić information content (AvgIpc) is 3.28. The monoisotopic (exact) mass is 509 g/mol. The number of carbonyl (C=O) groups excluding carboxylic acids is 1. The van der Waals surface area contributed by atoms with Gasteiger partial charge in [0.05, 0.1) is 7.11 Å². The molecule has 1 aliphatic rings. The smallest absolute Gasteiger partial charge is 0.248 e. The van der Waals surface area contributed by atoms with Crippen LogP contribution in [0.5, 0.6) is 5.75 Å². The third-order valence-electron chi connectivity index (χ3n) is 6.36. The molecule has 0 bridgehead atoms. The lowest BCUT2D eigenvalue weighted by atomic mass is 9.97. The number of aryl methyl sites for hydroxylation is 2. The van der Waals surface area contributed by atoms with Crippen molar-refractivity contribution in [1.29, 1.82) is 0 Å². The highest BCUT2D eigenvalue weighted by Crippen LogP contribution is 2.29. The van der Waals surface area contributed by atoms with Crippen LogP contribution in [-0.2, 0) is 21.4 Å². The molecule has 4 rings (SSSR count). The normalized spacial score (nSPS) is 15.3. The van der Waals surface area contributed by atoms with E-state index in [1.807, 2.05) is 55.5 Å². The Balaban J connectivity index is 1.39. The molecular formula is C27H31N3O5S. The van der Waals surface area contributed by atoms with Gasteiger partial charge in [0.2, 0.25) is 15.9 Å². The Labute approximate surface area is 212 Å². The van der Waals surface area contributed by atoms with Crippen molar-refractivity contribution < 1.29 is 22.5 Å². The summed E-state index contributed by atoms with van der Waals surface area (Å²) in [6, 6.07) is 15.4. The quantitative estimate of drug-likeness (QED) is 0.489. The first kappa shape index (κ1) is 25.7. The molecule has 8 nitrogen and oxygen atoms in total. The van der Waals surface area contributed by atoms with Crippen LogP contribution in [0.2, 0.25) is 0 Å². The number of aromatic nitrogens is 1. The van der Waals surface area contributed by atoms with E-state index in [4.69, 9.17) is 9.26 Å². The molecule has 0 radical (unpaired) electrons. The third kappa shape index (κ3) is 5.85. The molecule has 0 aliphatic carbocycles. The summed E-state index contributed by atoms with van der Waals surface area (Å²) in [6.07, 6.45) is 4.33. The van der Waals surface area contributed by atoms with Crippen molar-refractivity contribution in [2.24, 2.45) is 5.92 Å². The second kappa shape index (κ2) is 11.1. The third-order valence-corrected chi connectivity index (χ3v) is 8.42. The summed E-state index contributed by atoms with van der Waals surface area (Å²) in [4.78, 5) is 12.8. The number of hydrogen-bond acceptors (Lipinski definition) is 6. The van der Waals surface area contributed by atoms with E-state index in [0.29, 0.717) is 25.1 Å². The number of hydrogen-bond donors (Lipinski definition) is 1. The van der Waals surface area contributed by atoms with Gasteiger partial charge in [-0.1, -0.05) is 53.2 Å². The summed E-state index contributed by atoms with van der Waals surface area (Å²) in [5.41, 5.74) is 3.33. The average molecular weight is 510 g/mol. The minimum Gasteiger partial charge on any atom is -0.497 e. The summed E-state index contributed by atoms with van der Waals surface area (Å²) in [6.45, 7) is 4.53. The van der Waals surface area contributed by atoms with Crippen LogP contribution < -0.4 is 10.1 Å². The molecule has 0 spiro atoms. The lowest BCUT2D eigenvalue weighted by Gasteiger charge is -2.30. The second-order valence-electron chi connectivity index (χ2n) is 8.95. The minimum absolute atomic E-state index is 0.0715. The molecule has 1 aromatic heterocycles. The van der Waals surface area contributed by atoms with Crippen LogP contribution in [0.15, 0.2) is 57.9 Å². The summed E-state index contributed by atoms with van der Waals surface area (Å²) < 4.78 is 38.9. The highest BCUT2D eigenvalue weighted by Gasteiger charge is 2.35. The topological polar surface area (TPSA) is 102 Å². The standard InChI is InChI=1S/C27H31N3O5S/c1-19-7-9-21(10-8-19)11-12-25-26(20(2)29-35-25)36(32,33)30-15-13-23(14-16-30)27(31)28-18-22-5-4-6-24(17-22)34-3/h4-12,17,23H,13-16,18H2,1-3H3,(H,28,31). The number of benzene rings is 2. The number of nitrogens with one attached hydrogen (secondary N) is 1. The number of rotatable bonds is 8. The lowest BCUT2D eigenvalue weighted by Crippen LogP contribution is -2.43. The van der Waals surface area contributed by atoms with Gasteiger partial charge >= 0.3 is 0 Å². The van der Waals surface area contributed by atoms with Crippen molar-refractivity contribution in [3.8, 4) is 5.75 Å². The van der Waals surface area contributed by atoms with Gasteiger partial charge in [-0.2, -0.15) is 4.31 Å². The van der Waals surface area contributed by atoms with Crippen molar-refractivity contribution in [2.45, 2.75) is 38.1 Å². The maximum atomic E-state index is 13.5. The number of carbonyl (C=O) groups is 1. The van der Waals surface area contributed by atoms with Gasteiger partial charge in [0.15, 0.2) is 10.7 Å². The summed E-state index contributed by atoms with van der Waals surface area (Å²) in [5, 5.41) is 6.87. The van der Waals surface area contributed by atoms with E-state index in [1.165, 1.54) is 4.31 Å². The Kier molecular flexibility index (Phi) is 7.91. The van der Waals surface area contributed by atoms with Gasteiger partial charge in [-0.25, -0.2) is 8.42 Å². The van der Waals surface area contributed by atoms with Gasteiger partial charge in [0.1, 0.15) is 11.4 Å². The fraction of sp³-hybridized carbons (Fsp3) is 0.333. The molecule has 1 amide bonds. The molecule has 190 valence electrons. The Morgan fingerprint density at radius 2 is 1.86 bits per heavy atom. The first-order valence-corrected chi connectivity index (χ1v) is 13.3. The highest BCUT2D eigenvalue weighted by atomic mass is 32.2. The molecule has 1 fully saturated rings. The van der Waals surface area contributed by atoms with Crippen molar-refractivity contribution >= 4 is 28.1 Å². The maximum Gasteiger partial charge on any atom is 0.248 e. The highest BCUT2D eigenvalue weighted by molar-refractivity contribution is 7.89. The van der Waals surface area contributed by atoms with E-state index >= 15 is 0 Å². The van der Waals surface area contributed by atoms with Crippen LogP contribution >= 0.6 is 0 Å². The zero-order chi connectivity index (χ0) is 25.7. The molecule has 1 saturated heterocycles.